The van der Waals surface area contributed by atoms with Crippen molar-refractivity contribution in [3.63, 3.8) is 0 Å². The molecule has 82 valence electrons. The quantitative estimate of drug-likeness (QED) is 0.808. The van der Waals surface area contributed by atoms with Crippen LogP contribution in [0.15, 0.2) is 18.5 Å². The van der Waals surface area contributed by atoms with Crippen LogP contribution in [0.4, 0.5) is 0 Å². The van der Waals surface area contributed by atoms with Gasteiger partial charge in [-0.15, -0.1) is 0 Å². The Morgan fingerprint density at radius 3 is 2.93 bits per heavy atom. The van der Waals surface area contributed by atoms with E-state index in [4.69, 9.17) is 9.84 Å². The zero-order valence-corrected chi connectivity index (χ0v) is 8.93. The fourth-order valence-corrected chi connectivity index (χ4v) is 1.30. The number of hydrogen-bond acceptors (Lipinski definition) is 3. The standard InChI is InChI=1S/C11H15NO3/c1-3-4-8(2)15-10-5-9(11(13)14)6-12-7-10/h5-8H,3-4H2,1-2H3,(H,13,14). The van der Waals surface area contributed by atoms with E-state index in [0.29, 0.717) is 5.75 Å². The van der Waals surface area contributed by atoms with E-state index < -0.39 is 5.97 Å². The van der Waals surface area contributed by atoms with Crippen LogP contribution in [0.5, 0.6) is 5.75 Å². The summed E-state index contributed by atoms with van der Waals surface area (Å²) in [4.78, 5) is 14.5. The van der Waals surface area contributed by atoms with Gasteiger partial charge in [-0.25, -0.2) is 4.79 Å². The predicted molar refractivity (Wildman–Crippen MR) is 56.2 cm³/mol. The maximum absolute atomic E-state index is 10.7. The molecule has 0 aliphatic rings. The van der Waals surface area contributed by atoms with E-state index in [-0.39, 0.29) is 11.7 Å². The molecule has 0 bridgehead atoms. The first-order valence-electron chi connectivity index (χ1n) is 4.98. The number of hydrogen-bond donors (Lipinski definition) is 1. The molecule has 0 aromatic carbocycles. The second-order valence-electron chi connectivity index (χ2n) is 3.43. The summed E-state index contributed by atoms with van der Waals surface area (Å²) in [5.41, 5.74) is 0.149. The molecule has 15 heavy (non-hydrogen) atoms. The largest absolute Gasteiger partial charge is 0.489 e. The minimum absolute atomic E-state index is 0.0841. The molecule has 0 fully saturated rings. The molecule has 0 aliphatic heterocycles. The fourth-order valence-electron chi connectivity index (χ4n) is 1.30. The first-order valence-corrected chi connectivity index (χ1v) is 4.98. The highest BCUT2D eigenvalue weighted by atomic mass is 16.5. The van der Waals surface area contributed by atoms with Crippen LogP contribution in [0.3, 0.4) is 0 Å². The van der Waals surface area contributed by atoms with Crippen LogP contribution in [-0.4, -0.2) is 22.2 Å². The van der Waals surface area contributed by atoms with Crippen molar-refractivity contribution < 1.29 is 14.6 Å². The van der Waals surface area contributed by atoms with Gasteiger partial charge < -0.3 is 9.84 Å². The lowest BCUT2D eigenvalue weighted by Crippen LogP contribution is -2.11. The Balaban J connectivity index is 2.69. The smallest absolute Gasteiger partial charge is 0.337 e. The van der Waals surface area contributed by atoms with Gasteiger partial charge in [0.05, 0.1) is 17.9 Å². The molecule has 0 amide bonds. The topological polar surface area (TPSA) is 59.4 Å². The molecule has 1 aromatic heterocycles. The fraction of sp³-hybridized carbons (Fsp3) is 0.455. The van der Waals surface area contributed by atoms with Gasteiger partial charge in [0.25, 0.3) is 0 Å². The van der Waals surface area contributed by atoms with Crippen molar-refractivity contribution in [1.82, 2.24) is 4.98 Å². The molecule has 0 saturated carbocycles. The number of carbonyl (C=O) groups is 1. The van der Waals surface area contributed by atoms with Crippen molar-refractivity contribution in [1.29, 1.82) is 0 Å². The number of nitrogens with zero attached hydrogens (tertiary/aromatic N) is 1. The molecule has 1 heterocycles. The molecular formula is C11H15NO3. The maximum atomic E-state index is 10.7. The second kappa shape index (κ2) is 5.34. The van der Waals surface area contributed by atoms with Gasteiger partial charge in [-0.05, 0) is 19.4 Å². The highest BCUT2D eigenvalue weighted by molar-refractivity contribution is 5.87. The third-order valence-corrected chi connectivity index (χ3v) is 1.99. The van der Waals surface area contributed by atoms with Crippen LogP contribution in [0, 0.1) is 0 Å². The molecule has 0 spiro atoms. The van der Waals surface area contributed by atoms with E-state index >= 15 is 0 Å². The highest BCUT2D eigenvalue weighted by Gasteiger charge is 2.07. The lowest BCUT2D eigenvalue weighted by atomic mass is 10.2. The third kappa shape index (κ3) is 3.58. The monoisotopic (exact) mass is 209 g/mol. The Kier molecular flexibility index (Phi) is 4.09. The van der Waals surface area contributed by atoms with Crippen LogP contribution in [0.1, 0.15) is 37.0 Å². The highest BCUT2D eigenvalue weighted by Crippen LogP contribution is 2.14. The van der Waals surface area contributed by atoms with Gasteiger partial charge in [-0.2, -0.15) is 0 Å². The second-order valence-corrected chi connectivity index (χ2v) is 3.43. The number of aromatic carboxylic acids is 1. The van der Waals surface area contributed by atoms with Crippen molar-refractivity contribution in [2.45, 2.75) is 32.8 Å². The third-order valence-electron chi connectivity index (χ3n) is 1.99. The lowest BCUT2D eigenvalue weighted by molar-refractivity contribution is 0.0695. The van der Waals surface area contributed by atoms with Gasteiger partial charge in [0.15, 0.2) is 0 Å². The first-order chi connectivity index (χ1) is 7.13. The van der Waals surface area contributed by atoms with Crippen LogP contribution < -0.4 is 4.74 Å². The summed E-state index contributed by atoms with van der Waals surface area (Å²) in [6.45, 7) is 4.03. The van der Waals surface area contributed by atoms with E-state index in [9.17, 15) is 4.79 Å². The number of ether oxygens (including phenoxy) is 1. The molecule has 1 atom stereocenters. The number of pyridine rings is 1. The van der Waals surface area contributed by atoms with E-state index in [0.717, 1.165) is 12.8 Å². The Labute approximate surface area is 88.9 Å². The molecule has 0 radical (unpaired) electrons. The van der Waals surface area contributed by atoms with Crippen LogP contribution >= 0.6 is 0 Å². The van der Waals surface area contributed by atoms with Crippen molar-refractivity contribution in [3.05, 3.63) is 24.0 Å². The lowest BCUT2D eigenvalue weighted by Gasteiger charge is -2.13. The summed E-state index contributed by atoms with van der Waals surface area (Å²) in [6, 6.07) is 1.49. The van der Waals surface area contributed by atoms with Gasteiger partial charge in [-0.1, -0.05) is 13.3 Å². The van der Waals surface area contributed by atoms with Gasteiger partial charge >= 0.3 is 5.97 Å². The zero-order valence-electron chi connectivity index (χ0n) is 8.93. The van der Waals surface area contributed by atoms with Crippen LogP contribution in [-0.2, 0) is 0 Å². The van der Waals surface area contributed by atoms with Crippen LogP contribution in [0.2, 0.25) is 0 Å². The van der Waals surface area contributed by atoms with Crippen molar-refractivity contribution in [2.24, 2.45) is 0 Å². The maximum Gasteiger partial charge on any atom is 0.337 e. The molecule has 4 nitrogen and oxygen atoms in total. The number of carboxylic acid groups (broad SMARTS) is 1. The molecule has 1 N–H and O–H groups in total. The molecule has 1 aromatic rings. The van der Waals surface area contributed by atoms with Crippen molar-refractivity contribution in [3.8, 4) is 5.75 Å². The number of aromatic nitrogens is 1. The molecule has 1 rings (SSSR count). The minimum Gasteiger partial charge on any atom is -0.489 e. The predicted octanol–water partition coefficient (Wildman–Crippen LogP) is 2.35. The number of carboxylic acids is 1. The molecule has 0 aliphatic carbocycles. The van der Waals surface area contributed by atoms with Crippen LogP contribution in [0.25, 0.3) is 0 Å². The van der Waals surface area contributed by atoms with E-state index in [2.05, 4.69) is 11.9 Å². The molecule has 1 unspecified atom stereocenters. The molecular weight excluding hydrogens is 194 g/mol. The summed E-state index contributed by atoms with van der Waals surface area (Å²) < 4.78 is 5.52. The Morgan fingerprint density at radius 1 is 1.60 bits per heavy atom. The van der Waals surface area contributed by atoms with Gasteiger partial charge in [0, 0.05) is 6.20 Å². The summed E-state index contributed by atoms with van der Waals surface area (Å²) >= 11 is 0. The number of rotatable bonds is 5. The van der Waals surface area contributed by atoms with Gasteiger partial charge in [0.1, 0.15) is 5.75 Å². The van der Waals surface area contributed by atoms with E-state index in [1.54, 1.807) is 0 Å². The minimum atomic E-state index is -0.990. The Hall–Kier alpha value is -1.58. The Morgan fingerprint density at radius 2 is 2.33 bits per heavy atom. The molecule has 4 heteroatoms. The SMILES string of the molecule is CCCC(C)Oc1cncc(C(=O)O)c1. The molecule has 0 saturated heterocycles. The van der Waals surface area contributed by atoms with Gasteiger partial charge in [-0.3, -0.25) is 4.98 Å². The summed E-state index contributed by atoms with van der Waals surface area (Å²) in [5, 5.41) is 8.75. The first kappa shape index (κ1) is 11.5. The van der Waals surface area contributed by atoms with Gasteiger partial charge in [0.2, 0.25) is 0 Å². The summed E-state index contributed by atoms with van der Waals surface area (Å²) in [6.07, 6.45) is 4.89. The zero-order chi connectivity index (χ0) is 11.3. The normalized spacial score (nSPS) is 12.1. The van der Waals surface area contributed by atoms with Crippen molar-refractivity contribution in [2.75, 3.05) is 0 Å². The summed E-state index contributed by atoms with van der Waals surface area (Å²) in [5.74, 6) is -0.480. The summed E-state index contributed by atoms with van der Waals surface area (Å²) in [7, 11) is 0. The average Bonchev–Trinajstić information content (AvgIpc) is 2.18. The average molecular weight is 209 g/mol. The Bertz CT molecular complexity index is 338. The van der Waals surface area contributed by atoms with Crippen molar-refractivity contribution >= 4 is 5.97 Å². The van der Waals surface area contributed by atoms with E-state index in [1.165, 1.54) is 18.5 Å². The van der Waals surface area contributed by atoms with E-state index in [1.807, 2.05) is 6.92 Å².